The molecule has 0 saturated carbocycles. The minimum atomic E-state index is 0.209. The summed E-state index contributed by atoms with van der Waals surface area (Å²) in [6, 6.07) is 16.1. The first-order valence-electron chi connectivity index (χ1n) is 8.00. The van der Waals surface area contributed by atoms with Gasteiger partial charge in [-0.1, -0.05) is 36.4 Å². The summed E-state index contributed by atoms with van der Waals surface area (Å²) in [5.41, 5.74) is 2.11. The molecule has 0 spiro atoms. The maximum Gasteiger partial charge on any atom is 0.232 e. The van der Waals surface area contributed by atoms with Crippen molar-refractivity contribution >= 4 is 23.3 Å². The van der Waals surface area contributed by atoms with Gasteiger partial charge in [0.05, 0.1) is 11.7 Å². The maximum atomic E-state index is 12.3. The largest absolute Gasteiger partial charge is 0.340 e. The molecule has 1 saturated heterocycles. The van der Waals surface area contributed by atoms with E-state index in [1.165, 1.54) is 5.56 Å². The van der Waals surface area contributed by atoms with Crippen molar-refractivity contribution in [3.05, 3.63) is 66.1 Å². The van der Waals surface area contributed by atoms with Crippen LogP contribution in [0.4, 0.5) is 0 Å². The third-order valence-corrected chi connectivity index (χ3v) is 5.27. The van der Waals surface area contributed by atoms with E-state index in [9.17, 15) is 4.79 Å². The third kappa shape index (κ3) is 3.01. The van der Waals surface area contributed by atoms with Crippen LogP contribution >= 0.6 is 11.8 Å². The summed E-state index contributed by atoms with van der Waals surface area (Å²) < 4.78 is 2.01. The van der Waals surface area contributed by atoms with E-state index in [0.717, 1.165) is 30.3 Å². The van der Waals surface area contributed by atoms with Crippen molar-refractivity contribution in [3.63, 3.8) is 0 Å². The van der Waals surface area contributed by atoms with Gasteiger partial charge >= 0.3 is 0 Å². The van der Waals surface area contributed by atoms with Crippen LogP contribution in [0.15, 0.2) is 54.7 Å². The number of carbonyl (C=O) groups excluding carboxylic acids is 1. The Morgan fingerprint density at radius 3 is 2.71 bits per heavy atom. The zero-order chi connectivity index (χ0) is 16.4. The number of fused-ring (bicyclic) bond motifs is 1. The van der Waals surface area contributed by atoms with Crippen molar-refractivity contribution in [2.45, 2.75) is 11.7 Å². The number of hydrogen-bond donors (Lipinski definition) is 0. The van der Waals surface area contributed by atoms with Gasteiger partial charge < -0.3 is 4.90 Å². The first-order chi connectivity index (χ1) is 11.8. The van der Waals surface area contributed by atoms with Crippen LogP contribution in [0.3, 0.4) is 0 Å². The van der Waals surface area contributed by atoms with Crippen molar-refractivity contribution in [1.29, 1.82) is 0 Å². The number of thioether (sulfide) groups is 1. The van der Waals surface area contributed by atoms with Gasteiger partial charge in [-0.25, -0.2) is 0 Å². The minimum Gasteiger partial charge on any atom is -0.340 e. The van der Waals surface area contributed by atoms with E-state index in [0.29, 0.717) is 5.75 Å². The zero-order valence-corrected chi connectivity index (χ0v) is 14.0. The number of benzene rings is 1. The van der Waals surface area contributed by atoms with Gasteiger partial charge in [0.1, 0.15) is 5.82 Å². The summed E-state index contributed by atoms with van der Waals surface area (Å²) in [5, 5.41) is 8.46. The molecule has 0 bridgehead atoms. The van der Waals surface area contributed by atoms with E-state index < -0.39 is 0 Å². The Bertz CT molecular complexity index is 842. The van der Waals surface area contributed by atoms with Crippen LogP contribution in [0, 0.1) is 0 Å². The Morgan fingerprint density at radius 1 is 1.08 bits per heavy atom. The SMILES string of the molecule is O=C(CSCc1ccccc1)N1CC(c2nnc3ccccn23)C1. The zero-order valence-electron chi connectivity index (χ0n) is 13.2. The quantitative estimate of drug-likeness (QED) is 0.717. The Labute approximate surface area is 144 Å². The Morgan fingerprint density at radius 2 is 1.88 bits per heavy atom. The Balaban J connectivity index is 1.28. The fraction of sp³-hybridized carbons (Fsp3) is 0.278. The van der Waals surface area contributed by atoms with E-state index in [1.54, 1.807) is 11.8 Å². The van der Waals surface area contributed by atoms with E-state index >= 15 is 0 Å². The van der Waals surface area contributed by atoms with Gasteiger partial charge in [0, 0.05) is 25.0 Å². The lowest BCUT2D eigenvalue weighted by Gasteiger charge is -2.38. The average molecular weight is 338 g/mol. The molecule has 3 heterocycles. The average Bonchev–Trinajstić information content (AvgIpc) is 2.99. The van der Waals surface area contributed by atoms with E-state index in [2.05, 4.69) is 22.3 Å². The molecule has 1 fully saturated rings. The van der Waals surface area contributed by atoms with Crippen LogP contribution in [-0.2, 0) is 10.5 Å². The molecule has 0 radical (unpaired) electrons. The van der Waals surface area contributed by atoms with Crippen LogP contribution in [0.5, 0.6) is 0 Å². The lowest BCUT2D eigenvalue weighted by atomic mass is 9.99. The number of carbonyl (C=O) groups is 1. The van der Waals surface area contributed by atoms with E-state index in [4.69, 9.17) is 0 Å². The first kappa shape index (κ1) is 15.2. The standard InChI is InChI=1S/C18H18N4OS/c23-17(13-24-12-14-6-2-1-3-7-14)21-10-15(11-21)18-20-19-16-8-4-5-9-22(16)18/h1-9,15H,10-13H2. The normalized spacial score (nSPS) is 14.8. The summed E-state index contributed by atoms with van der Waals surface area (Å²) >= 11 is 1.67. The molecule has 3 aromatic rings. The molecule has 0 unspecified atom stereocenters. The summed E-state index contributed by atoms with van der Waals surface area (Å²) in [6.07, 6.45) is 1.98. The summed E-state index contributed by atoms with van der Waals surface area (Å²) in [7, 11) is 0. The number of rotatable bonds is 5. The van der Waals surface area contributed by atoms with Gasteiger partial charge in [-0.05, 0) is 17.7 Å². The van der Waals surface area contributed by atoms with Gasteiger partial charge in [-0.3, -0.25) is 9.20 Å². The molecule has 122 valence electrons. The van der Waals surface area contributed by atoms with E-state index in [-0.39, 0.29) is 11.8 Å². The van der Waals surface area contributed by atoms with Crippen LogP contribution < -0.4 is 0 Å². The molecule has 1 aliphatic heterocycles. The molecular formula is C18H18N4OS. The topological polar surface area (TPSA) is 50.5 Å². The smallest absolute Gasteiger partial charge is 0.232 e. The molecule has 1 aromatic carbocycles. The highest BCUT2D eigenvalue weighted by molar-refractivity contribution is 7.99. The van der Waals surface area contributed by atoms with E-state index in [1.807, 2.05) is 51.9 Å². The monoisotopic (exact) mass is 338 g/mol. The molecular weight excluding hydrogens is 320 g/mol. The molecule has 4 rings (SSSR count). The highest BCUT2D eigenvalue weighted by Crippen LogP contribution is 2.27. The Hall–Kier alpha value is -2.34. The fourth-order valence-electron chi connectivity index (χ4n) is 2.91. The van der Waals surface area contributed by atoms with Crippen molar-refractivity contribution in [2.24, 2.45) is 0 Å². The maximum absolute atomic E-state index is 12.3. The molecule has 6 heteroatoms. The summed E-state index contributed by atoms with van der Waals surface area (Å²) in [5.74, 6) is 2.85. The molecule has 0 N–H and O–H groups in total. The predicted octanol–water partition coefficient (Wildman–Crippen LogP) is 2.59. The number of hydrogen-bond acceptors (Lipinski definition) is 4. The third-order valence-electron chi connectivity index (χ3n) is 4.28. The highest BCUT2D eigenvalue weighted by atomic mass is 32.2. The Kier molecular flexibility index (Phi) is 4.21. The molecule has 1 amide bonds. The minimum absolute atomic E-state index is 0.209. The lowest BCUT2D eigenvalue weighted by molar-refractivity contribution is -0.132. The van der Waals surface area contributed by atoms with Gasteiger partial charge in [-0.2, -0.15) is 0 Å². The number of nitrogens with zero attached hydrogens (tertiary/aromatic N) is 4. The molecule has 2 aromatic heterocycles. The van der Waals surface area contributed by atoms with Crippen LogP contribution in [0.25, 0.3) is 5.65 Å². The van der Waals surface area contributed by atoms with Crippen molar-refractivity contribution in [3.8, 4) is 0 Å². The summed E-state index contributed by atoms with van der Waals surface area (Å²) in [6.45, 7) is 1.47. The van der Waals surface area contributed by atoms with Crippen LogP contribution in [0.1, 0.15) is 17.3 Å². The molecule has 24 heavy (non-hydrogen) atoms. The van der Waals surface area contributed by atoms with Gasteiger partial charge in [0.25, 0.3) is 0 Å². The van der Waals surface area contributed by atoms with Crippen LogP contribution in [-0.4, -0.2) is 44.2 Å². The molecule has 1 aliphatic rings. The number of likely N-dealkylation sites (tertiary alicyclic amines) is 1. The van der Waals surface area contributed by atoms with Crippen molar-refractivity contribution in [1.82, 2.24) is 19.5 Å². The second-order valence-electron chi connectivity index (χ2n) is 5.96. The second-order valence-corrected chi connectivity index (χ2v) is 6.95. The molecule has 5 nitrogen and oxygen atoms in total. The van der Waals surface area contributed by atoms with Crippen molar-refractivity contribution < 1.29 is 4.79 Å². The second kappa shape index (κ2) is 6.65. The summed E-state index contributed by atoms with van der Waals surface area (Å²) in [4.78, 5) is 14.2. The first-order valence-corrected chi connectivity index (χ1v) is 9.16. The number of pyridine rings is 1. The fourth-order valence-corrected chi connectivity index (χ4v) is 3.79. The highest BCUT2D eigenvalue weighted by Gasteiger charge is 2.34. The molecule has 0 aliphatic carbocycles. The van der Waals surface area contributed by atoms with Gasteiger partial charge in [0.15, 0.2) is 5.65 Å². The number of aromatic nitrogens is 3. The van der Waals surface area contributed by atoms with Crippen LogP contribution in [0.2, 0.25) is 0 Å². The lowest BCUT2D eigenvalue weighted by Crippen LogP contribution is -2.49. The van der Waals surface area contributed by atoms with Gasteiger partial charge in [-0.15, -0.1) is 22.0 Å². The number of amides is 1. The van der Waals surface area contributed by atoms with Crippen molar-refractivity contribution in [2.75, 3.05) is 18.8 Å². The molecule has 0 atom stereocenters. The predicted molar refractivity (Wildman–Crippen MR) is 94.9 cm³/mol. The van der Waals surface area contributed by atoms with Gasteiger partial charge in [0.2, 0.25) is 5.91 Å².